The van der Waals surface area contributed by atoms with Crippen LogP contribution in [0.3, 0.4) is 0 Å². The lowest BCUT2D eigenvalue weighted by molar-refractivity contribution is -0.114. The third-order valence-corrected chi connectivity index (χ3v) is 5.24. The summed E-state index contributed by atoms with van der Waals surface area (Å²) in [5, 5.41) is 2.55. The second kappa shape index (κ2) is 6.93. The van der Waals surface area contributed by atoms with Crippen molar-refractivity contribution in [3.05, 3.63) is 77.3 Å². The molecule has 1 N–H and O–H groups in total. The Morgan fingerprint density at radius 2 is 1.65 bits per heavy atom. The number of benzene rings is 2. The van der Waals surface area contributed by atoms with Gasteiger partial charge in [0.2, 0.25) is 5.91 Å². The van der Waals surface area contributed by atoms with Crippen LogP contribution in [0.25, 0.3) is 11.3 Å². The number of rotatable bonds is 4. The third-order valence-electron chi connectivity index (χ3n) is 3.57. The summed E-state index contributed by atoms with van der Waals surface area (Å²) in [6.07, 6.45) is 1.19. The zero-order valence-corrected chi connectivity index (χ0v) is 14.6. The molecule has 3 aromatic rings. The van der Waals surface area contributed by atoms with E-state index in [9.17, 15) is 18.0 Å². The van der Waals surface area contributed by atoms with Gasteiger partial charge in [0, 0.05) is 24.4 Å². The zero-order valence-electron chi connectivity index (χ0n) is 13.8. The van der Waals surface area contributed by atoms with E-state index in [2.05, 4.69) is 10.3 Å². The van der Waals surface area contributed by atoms with E-state index in [1.807, 2.05) is 6.07 Å². The quantitative estimate of drug-likeness (QED) is 0.759. The van der Waals surface area contributed by atoms with Gasteiger partial charge in [-0.25, -0.2) is 13.2 Å². The number of anilines is 1. The van der Waals surface area contributed by atoms with Crippen LogP contribution in [0.2, 0.25) is 0 Å². The molecule has 0 saturated heterocycles. The monoisotopic (exact) mass is 369 g/mol. The van der Waals surface area contributed by atoms with E-state index >= 15 is 0 Å². The van der Waals surface area contributed by atoms with Crippen LogP contribution in [0.4, 0.5) is 5.69 Å². The van der Waals surface area contributed by atoms with Crippen molar-refractivity contribution >= 4 is 21.6 Å². The van der Waals surface area contributed by atoms with Crippen molar-refractivity contribution in [2.45, 2.75) is 11.8 Å². The predicted molar refractivity (Wildman–Crippen MR) is 97.3 cm³/mol. The van der Waals surface area contributed by atoms with Gasteiger partial charge in [-0.05, 0) is 30.3 Å². The predicted octanol–water partition coefficient (Wildman–Crippen LogP) is 2.11. The summed E-state index contributed by atoms with van der Waals surface area (Å²) in [6, 6.07) is 16.0. The second-order valence-corrected chi connectivity index (χ2v) is 7.28. The second-order valence-electron chi connectivity index (χ2n) is 5.47. The number of carbonyl (C=O) groups excluding carboxylic acids is 1. The largest absolute Gasteiger partial charge is 0.362 e. The number of amides is 1. The molecule has 0 aliphatic heterocycles. The van der Waals surface area contributed by atoms with Gasteiger partial charge in [0.1, 0.15) is 0 Å². The van der Waals surface area contributed by atoms with Gasteiger partial charge in [0.05, 0.1) is 10.6 Å². The Morgan fingerprint density at radius 1 is 1.00 bits per heavy atom. The minimum Gasteiger partial charge on any atom is -0.326 e. The van der Waals surface area contributed by atoms with E-state index in [0.29, 0.717) is 20.9 Å². The van der Waals surface area contributed by atoms with Gasteiger partial charge in [0.25, 0.3) is 10.0 Å². The highest BCUT2D eigenvalue weighted by molar-refractivity contribution is 7.90. The molecule has 2 aromatic carbocycles. The van der Waals surface area contributed by atoms with Crippen LogP contribution in [-0.2, 0) is 14.8 Å². The van der Waals surface area contributed by atoms with E-state index in [1.54, 1.807) is 24.3 Å². The van der Waals surface area contributed by atoms with Crippen LogP contribution in [0, 0.1) is 0 Å². The van der Waals surface area contributed by atoms with Crippen molar-refractivity contribution in [3.8, 4) is 11.3 Å². The molecule has 0 aliphatic carbocycles. The molecule has 0 radical (unpaired) electrons. The maximum absolute atomic E-state index is 12.7. The minimum absolute atomic E-state index is 0.0806. The van der Waals surface area contributed by atoms with Crippen molar-refractivity contribution < 1.29 is 13.2 Å². The van der Waals surface area contributed by atoms with Crippen LogP contribution >= 0.6 is 0 Å². The van der Waals surface area contributed by atoms with E-state index < -0.39 is 15.7 Å². The van der Waals surface area contributed by atoms with Crippen LogP contribution in [0.1, 0.15) is 6.92 Å². The van der Waals surface area contributed by atoms with Crippen LogP contribution in [0.15, 0.2) is 76.6 Å². The van der Waals surface area contributed by atoms with Gasteiger partial charge < -0.3 is 5.32 Å². The lowest BCUT2D eigenvalue weighted by Crippen LogP contribution is -2.29. The maximum Gasteiger partial charge on any atom is 0.362 e. The topological polar surface area (TPSA) is 98.1 Å². The van der Waals surface area contributed by atoms with Crippen molar-refractivity contribution in [3.63, 3.8) is 0 Å². The number of hydrogen-bond acceptors (Lipinski definition) is 5. The highest BCUT2D eigenvalue weighted by Gasteiger charge is 2.19. The Bertz CT molecular complexity index is 1110. The first-order valence-corrected chi connectivity index (χ1v) is 9.10. The number of aromatic nitrogens is 2. The average molecular weight is 369 g/mol. The molecule has 0 spiro atoms. The standard InChI is InChI=1S/C18H15N3O4S/c1-13(22)19-15-7-9-16(10-8-15)26(24,25)21-12-11-17(20-18(21)23)14-5-3-2-4-6-14/h2-12H,1H3,(H,19,22). The van der Waals surface area contributed by atoms with Gasteiger partial charge >= 0.3 is 5.69 Å². The van der Waals surface area contributed by atoms with Crippen LogP contribution in [-0.4, -0.2) is 23.3 Å². The molecular weight excluding hydrogens is 354 g/mol. The van der Waals surface area contributed by atoms with E-state index in [-0.39, 0.29) is 10.8 Å². The Balaban J connectivity index is 1.97. The first-order chi connectivity index (χ1) is 12.4. The minimum atomic E-state index is -4.08. The molecule has 26 heavy (non-hydrogen) atoms. The average Bonchev–Trinajstić information content (AvgIpc) is 2.62. The number of nitrogens with one attached hydrogen (secondary N) is 1. The molecule has 0 saturated carbocycles. The SMILES string of the molecule is CC(=O)Nc1ccc(S(=O)(=O)n2ccc(-c3ccccc3)nc2=O)cc1. The summed E-state index contributed by atoms with van der Waals surface area (Å²) in [4.78, 5) is 27.1. The number of nitrogens with zero attached hydrogens (tertiary/aromatic N) is 2. The van der Waals surface area contributed by atoms with Gasteiger partial charge in [-0.15, -0.1) is 0 Å². The fourth-order valence-corrected chi connectivity index (χ4v) is 3.55. The van der Waals surface area contributed by atoms with E-state index in [1.165, 1.54) is 43.5 Å². The molecule has 0 bridgehead atoms. The van der Waals surface area contributed by atoms with E-state index in [0.717, 1.165) is 0 Å². The van der Waals surface area contributed by atoms with Gasteiger partial charge in [-0.1, -0.05) is 30.3 Å². The van der Waals surface area contributed by atoms with Gasteiger partial charge in [0.15, 0.2) is 0 Å². The van der Waals surface area contributed by atoms with E-state index in [4.69, 9.17) is 0 Å². The van der Waals surface area contributed by atoms with Gasteiger partial charge in [-0.2, -0.15) is 8.96 Å². The number of hydrogen-bond donors (Lipinski definition) is 1. The summed E-state index contributed by atoms with van der Waals surface area (Å²) >= 11 is 0. The summed E-state index contributed by atoms with van der Waals surface area (Å²) in [6.45, 7) is 1.35. The van der Waals surface area contributed by atoms with Crippen LogP contribution in [0.5, 0.6) is 0 Å². The third kappa shape index (κ3) is 3.55. The first kappa shape index (κ1) is 17.6. The molecule has 3 rings (SSSR count). The summed E-state index contributed by atoms with van der Waals surface area (Å²) in [7, 11) is -4.08. The fraction of sp³-hybridized carbons (Fsp3) is 0.0556. The van der Waals surface area contributed by atoms with Gasteiger partial charge in [-0.3, -0.25) is 4.79 Å². The normalized spacial score (nSPS) is 11.1. The summed E-state index contributed by atoms with van der Waals surface area (Å²) in [5.41, 5.74) is 0.676. The highest BCUT2D eigenvalue weighted by Crippen LogP contribution is 2.18. The molecule has 0 aliphatic rings. The van der Waals surface area contributed by atoms with Crippen LogP contribution < -0.4 is 11.0 Å². The smallest absolute Gasteiger partial charge is 0.326 e. The molecule has 7 nitrogen and oxygen atoms in total. The Labute approximate surface area is 150 Å². The fourth-order valence-electron chi connectivity index (χ4n) is 2.37. The number of carbonyl (C=O) groups is 1. The summed E-state index contributed by atoms with van der Waals surface area (Å²) < 4.78 is 25.9. The Morgan fingerprint density at radius 3 is 2.23 bits per heavy atom. The van der Waals surface area contributed by atoms with Crippen molar-refractivity contribution in [1.82, 2.24) is 8.96 Å². The molecule has 1 amide bonds. The molecule has 0 unspecified atom stereocenters. The van der Waals surface area contributed by atoms with Crippen molar-refractivity contribution in [1.29, 1.82) is 0 Å². The molecular formula is C18H15N3O4S. The Hall–Kier alpha value is -3.26. The van der Waals surface area contributed by atoms with Crippen molar-refractivity contribution in [2.75, 3.05) is 5.32 Å². The zero-order chi connectivity index (χ0) is 18.7. The highest BCUT2D eigenvalue weighted by atomic mass is 32.2. The lowest BCUT2D eigenvalue weighted by Gasteiger charge is -2.09. The first-order valence-electron chi connectivity index (χ1n) is 7.66. The Kier molecular flexibility index (Phi) is 4.68. The molecule has 1 aromatic heterocycles. The lowest BCUT2D eigenvalue weighted by atomic mass is 10.1. The molecule has 132 valence electrons. The van der Waals surface area contributed by atoms with Crippen molar-refractivity contribution in [2.24, 2.45) is 0 Å². The molecule has 0 fully saturated rings. The summed E-state index contributed by atoms with van der Waals surface area (Å²) in [5.74, 6) is -0.266. The molecule has 8 heteroatoms. The molecule has 0 atom stereocenters. The molecule has 1 heterocycles. The maximum atomic E-state index is 12.7.